The Morgan fingerprint density at radius 3 is 2.68 bits per heavy atom. The molecular weight excluding hydrogens is 280 g/mol. The highest BCUT2D eigenvalue weighted by atomic mass is 16.6. The van der Waals surface area contributed by atoms with Gasteiger partial charge in [0.1, 0.15) is 12.9 Å². The number of ether oxygens (including phenoxy) is 1. The quantitative estimate of drug-likeness (QED) is 0.368. The molecule has 0 aliphatic carbocycles. The van der Waals surface area contributed by atoms with Crippen molar-refractivity contribution in [1.82, 2.24) is 4.98 Å². The van der Waals surface area contributed by atoms with Gasteiger partial charge < -0.3 is 9.57 Å². The monoisotopic (exact) mass is 298 g/mol. The number of carbonyl (C=O) groups is 1. The predicted octanol–water partition coefficient (Wildman–Crippen LogP) is 3.24. The van der Waals surface area contributed by atoms with E-state index in [1.807, 2.05) is 37.3 Å². The van der Waals surface area contributed by atoms with Gasteiger partial charge in [-0.1, -0.05) is 17.3 Å². The highest BCUT2D eigenvalue weighted by molar-refractivity contribution is 5.84. The zero-order chi connectivity index (χ0) is 15.9. The van der Waals surface area contributed by atoms with E-state index >= 15 is 0 Å². The molecule has 5 nitrogen and oxygen atoms in total. The number of benzene rings is 1. The number of nitrogens with zero attached hydrogens (tertiary/aromatic N) is 2. The van der Waals surface area contributed by atoms with Crippen molar-refractivity contribution < 1.29 is 14.4 Å². The summed E-state index contributed by atoms with van der Waals surface area (Å²) in [6, 6.07) is 11.2. The lowest BCUT2D eigenvalue weighted by Gasteiger charge is -2.11. The minimum Gasteiger partial charge on any atom is -0.426 e. The third-order valence-corrected chi connectivity index (χ3v) is 2.95. The van der Waals surface area contributed by atoms with Crippen LogP contribution in [0.5, 0.6) is 5.75 Å². The van der Waals surface area contributed by atoms with E-state index in [1.165, 1.54) is 14.0 Å². The average Bonchev–Trinajstić information content (AvgIpc) is 2.49. The summed E-state index contributed by atoms with van der Waals surface area (Å²) in [5, 5.41) is 3.91. The van der Waals surface area contributed by atoms with Crippen molar-refractivity contribution in [2.75, 3.05) is 7.11 Å². The molecule has 1 heterocycles. The van der Waals surface area contributed by atoms with Gasteiger partial charge in [-0.25, -0.2) is 0 Å². The molecule has 0 aliphatic heterocycles. The van der Waals surface area contributed by atoms with Crippen molar-refractivity contribution in [3.05, 3.63) is 48.2 Å². The fourth-order valence-electron chi connectivity index (χ4n) is 2.14. The summed E-state index contributed by atoms with van der Waals surface area (Å²) in [7, 11) is 1.52. The number of carbonyl (C=O) groups excluding carboxylic acids is 1. The van der Waals surface area contributed by atoms with E-state index in [0.29, 0.717) is 12.2 Å². The molecule has 1 aromatic carbocycles. The van der Waals surface area contributed by atoms with E-state index in [9.17, 15) is 4.79 Å². The Morgan fingerprint density at radius 1 is 1.23 bits per heavy atom. The summed E-state index contributed by atoms with van der Waals surface area (Å²) in [6.45, 7) is 3.27. The molecular formula is C17H18N2O3. The van der Waals surface area contributed by atoms with E-state index in [0.717, 1.165) is 22.5 Å². The standard InChI is InChI=1S/C17H18N2O3/c1-12(19-21-3)10-14-7-8-17(22-13(2)20)15(11-14)16-6-4-5-9-18-16/h4-9,11H,10H2,1-3H3/b19-12+. The number of esters is 1. The molecule has 0 fully saturated rings. The van der Waals surface area contributed by atoms with Crippen LogP contribution in [0, 0.1) is 0 Å². The molecule has 0 aliphatic rings. The van der Waals surface area contributed by atoms with Gasteiger partial charge in [0.25, 0.3) is 0 Å². The topological polar surface area (TPSA) is 60.8 Å². The van der Waals surface area contributed by atoms with Gasteiger partial charge in [0.2, 0.25) is 0 Å². The molecule has 0 amide bonds. The second kappa shape index (κ2) is 7.36. The van der Waals surface area contributed by atoms with E-state index in [4.69, 9.17) is 9.57 Å². The molecule has 114 valence electrons. The van der Waals surface area contributed by atoms with E-state index in [-0.39, 0.29) is 5.97 Å². The summed E-state index contributed by atoms with van der Waals surface area (Å²) < 4.78 is 5.27. The smallest absolute Gasteiger partial charge is 0.308 e. The molecule has 2 rings (SSSR count). The molecule has 0 saturated heterocycles. The Bertz CT molecular complexity index is 682. The normalized spacial score (nSPS) is 11.1. The van der Waals surface area contributed by atoms with Crippen LogP contribution in [0.3, 0.4) is 0 Å². The van der Waals surface area contributed by atoms with Gasteiger partial charge in [0.15, 0.2) is 0 Å². The lowest BCUT2D eigenvalue weighted by atomic mass is 10.0. The molecule has 0 atom stereocenters. The third-order valence-electron chi connectivity index (χ3n) is 2.95. The number of oxime groups is 1. The van der Waals surface area contributed by atoms with Gasteiger partial charge in [-0.15, -0.1) is 0 Å². The molecule has 0 N–H and O–H groups in total. The van der Waals surface area contributed by atoms with Crippen LogP contribution in [0.1, 0.15) is 19.4 Å². The van der Waals surface area contributed by atoms with Gasteiger partial charge in [-0.2, -0.15) is 0 Å². The molecule has 5 heteroatoms. The molecule has 0 unspecified atom stereocenters. The van der Waals surface area contributed by atoms with Crippen molar-refractivity contribution >= 4 is 11.7 Å². The fourth-order valence-corrected chi connectivity index (χ4v) is 2.14. The maximum absolute atomic E-state index is 11.3. The lowest BCUT2D eigenvalue weighted by Crippen LogP contribution is -2.04. The van der Waals surface area contributed by atoms with Crippen LogP contribution in [0.4, 0.5) is 0 Å². The van der Waals surface area contributed by atoms with Gasteiger partial charge in [-0.05, 0) is 36.8 Å². The number of pyridine rings is 1. The minimum atomic E-state index is -0.359. The van der Waals surface area contributed by atoms with Gasteiger partial charge in [0.05, 0.1) is 11.4 Å². The molecule has 0 spiro atoms. The van der Waals surface area contributed by atoms with Crippen molar-refractivity contribution in [1.29, 1.82) is 0 Å². The summed E-state index contributed by atoms with van der Waals surface area (Å²) in [4.78, 5) is 20.4. The number of hydrogen-bond donors (Lipinski definition) is 0. The van der Waals surface area contributed by atoms with Crippen LogP contribution in [0.2, 0.25) is 0 Å². The maximum atomic E-state index is 11.3. The second-order valence-corrected chi connectivity index (χ2v) is 4.83. The first kappa shape index (κ1) is 15.7. The third kappa shape index (κ3) is 4.15. The van der Waals surface area contributed by atoms with E-state index in [2.05, 4.69) is 10.1 Å². The summed E-state index contributed by atoms with van der Waals surface area (Å²) in [5.74, 6) is 0.137. The van der Waals surface area contributed by atoms with E-state index in [1.54, 1.807) is 12.3 Å². The highest BCUT2D eigenvalue weighted by Gasteiger charge is 2.11. The minimum absolute atomic E-state index is 0.359. The molecule has 22 heavy (non-hydrogen) atoms. The van der Waals surface area contributed by atoms with Crippen LogP contribution in [-0.4, -0.2) is 23.8 Å². The SMILES string of the molecule is CO/N=C(\C)Cc1ccc(OC(C)=O)c(-c2ccccn2)c1. The zero-order valence-electron chi connectivity index (χ0n) is 12.9. The molecule has 0 radical (unpaired) electrons. The predicted molar refractivity (Wildman–Crippen MR) is 84.8 cm³/mol. The van der Waals surface area contributed by atoms with Crippen molar-refractivity contribution in [3.63, 3.8) is 0 Å². The van der Waals surface area contributed by atoms with Crippen molar-refractivity contribution in [2.24, 2.45) is 5.16 Å². The summed E-state index contributed by atoms with van der Waals surface area (Å²) in [5.41, 5.74) is 3.42. The van der Waals surface area contributed by atoms with Crippen LogP contribution in [0.15, 0.2) is 47.8 Å². The zero-order valence-corrected chi connectivity index (χ0v) is 12.9. The van der Waals surface area contributed by atoms with Gasteiger partial charge in [0, 0.05) is 25.1 Å². The lowest BCUT2D eigenvalue weighted by molar-refractivity contribution is -0.131. The number of aromatic nitrogens is 1. The first-order valence-corrected chi connectivity index (χ1v) is 6.89. The molecule has 2 aromatic rings. The van der Waals surface area contributed by atoms with Gasteiger partial charge in [-0.3, -0.25) is 9.78 Å². The van der Waals surface area contributed by atoms with E-state index < -0.39 is 0 Å². The Kier molecular flexibility index (Phi) is 5.25. The molecule has 0 bridgehead atoms. The Morgan fingerprint density at radius 2 is 2.05 bits per heavy atom. The van der Waals surface area contributed by atoms with Crippen LogP contribution < -0.4 is 4.74 Å². The maximum Gasteiger partial charge on any atom is 0.308 e. The number of rotatable bonds is 5. The Labute approximate surface area is 129 Å². The second-order valence-electron chi connectivity index (χ2n) is 4.83. The summed E-state index contributed by atoms with van der Waals surface area (Å²) >= 11 is 0. The molecule has 1 aromatic heterocycles. The highest BCUT2D eigenvalue weighted by Crippen LogP contribution is 2.30. The molecule has 0 saturated carbocycles. The van der Waals surface area contributed by atoms with Crippen LogP contribution in [-0.2, 0) is 16.1 Å². The van der Waals surface area contributed by atoms with Crippen molar-refractivity contribution in [2.45, 2.75) is 20.3 Å². The fraction of sp³-hybridized carbons (Fsp3) is 0.235. The first-order valence-electron chi connectivity index (χ1n) is 6.89. The Hall–Kier alpha value is -2.69. The largest absolute Gasteiger partial charge is 0.426 e. The first-order chi connectivity index (χ1) is 10.6. The van der Waals surface area contributed by atoms with Crippen molar-refractivity contribution in [3.8, 4) is 17.0 Å². The van der Waals surface area contributed by atoms with Crippen LogP contribution >= 0.6 is 0 Å². The average molecular weight is 298 g/mol. The number of hydrogen-bond acceptors (Lipinski definition) is 5. The summed E-state index contributed by atoms with van der Waals surface area (Å²) in [6.07, 6.45) is 2.35. The van der Waals surface area contributed by atoms with Gasteiger partial charge >= 0.3 is 5.97 Å². The Balaban J connectivity index is 2.41. The van der Waals surface area contributed by atoms with Crippen LogP contribution in [0.25, 0.3) is 11.3 Å².